The molecule has 1 amide bonds. The van der Waals surface area contributed by atoms with E-state index in [1.54, 1.807) is 25.1 Å². The van der Waals surface area contributed by atoms with Crippen LogP contribution in [0.5, 0.6) is 5.75 Å². The Labute approximate surface area is 129 Å². The summed E-state index contributed by atoms with van der Waals surface area (Å²) in [5.74, 6) is -0.441. The van der Waals surface area contributed by atoms with Crippen LogP contribution in [0.3, 0.4) is 0 Å². The molecule has 1 aliphatic carbocycles. The Bertz CT molecular complexity index is 727. The van der Waals surface area contributed by atoms with E-state index in [1.165, 1.54) is 12.1 Å². The van der Waals surface area contributed by atoms with Crippen molar-refractivity contribution in [3.05, 3.63) is 41.7 Å². The number of carbonyl (C=O) groups is 1. The Morgan fingerprint density at radius 3 is 2.78 bits per heavy atom. The SMILES string of the molecule is Cc1cc(NC(=O)[C@@H]2C[C@@H]2c2ccccc2OC(F)(F)F)no1. The number of nitrogens with one attached hydrogen (secondary N) is 1. The highest BCUT2D eigenvalue weighted by molar-refractivity contribution is 5.94. The highest BCUT2D eigenvalue weighted by Gasteiger charge is 2.46. The van der Waals surface area contributed by atoms with Gasteiger partial charge in [0.1, 0.15) is 11.5 Å². The van der Waals surface area contributed by atoms with E-state index < -0.39 is 12.3 Å². The number of aryl methyl sites for hydroxylation is 1. The Morgan fingerprint density at radius 1 is 1.39 bits per heavy atom. The third-order valence-corrected chi connectivity index (χ3v) is 3.55. The van der Waals surface area contributed by atoms with Crippen LogP contribution in [0, 0.1) is 12.8 Å². The van der Waals surface area contributed by atoms with E-state index in [-0.39, 0.29) is 23.4 Å². The number of amides is 1. The first-order valence-electron chi connectivity index (χ1n) is 6.92. The van der Waals surface area contributed by atoms with Gasteiger partial charge in [0, 0.05) is 12.0 Å². The molecular weight excluding hydrogens is 313 g/mol. The van der Waals surface area contributed by atoms with Crippen LogP contribution in [-0.4, -0.2) is 17.4 Å². The van der Waals surface area contributed by atoms with Crippen LogP contribution in [0.15, 0.2) is 34.9 Å². The number of rotatable bonds is 4. The summed E-state index contributed by atoms with van der Waals surface area (Å²) in [6, 6.07) is 7.43. The summed E-state index contributed by atoms with van der Waals surface area (Å²) in [7, 11) is 0. The molecule has 0 bridgehead atoms. The average molecular weight is 326 g/mol. The van der Waals surface area contributed by atoms with E-state index in [1.807, 2.05) is 0 Å². The van der Waals surface area contributed by atoms with Crippen LogP contribution in [0.25, 0.3) is 0 Å². The predicted molar refractivity (Wildman–Crippen MR) is 73.8 cm³/mol. The Morgan fingerprint density at radius 2 is 2.13 bits per heavy atom. The third-order valence-electron chi connectivity index (χ3n) is 3.55. The number of alkyl halides is 3. The minimum Gasteiger partial charge on any atom is -0.405 e. The second-order valence-corrected chi connectivity index (χ2v) is 5.35. The number of hydrogen-bond donors (Lipinski definition) is 1. The first kappa shape index (κ1) is 15.4. The number of carbonyl (C=O) groups excluding carboxylic acids is 1. The van der Waals surface area contributed by atoms with Gasteiger partial charge in [-0.25, -0.2) is 0 Å². The lowest BCUT2D eigenvalue weighted by Gasteiger charge is -2.12. The fraction of sp³-hybridized carbons (Fsp3) is 0.333. The second-order valence-electron chi connectivity index (χ2n) is 5.35. The number of para-hydroxylation sites is 1. The maximum absolute atomic E-state index is 12.4. The molecule has 2 aromatic rings. The predicted octanol–water partition coefficient (Wildman–Crippen LogP) is 3.62. The maximum atomic E-state index is 12.4. The van der Waals surface area contributed by atoms with E-state index in [4.69, 9.17) is 4.52 Å². The lowest BCUT2D eigenvalue weighted by atomic mass is 10.1. The number of benzene rings is 1. The molecule has 0 saturated heterocycles. The van der Waals surface area contributed by atoms with Crippen molar-refractivity contribution in [1.82, 2.24) is 5.16 Å². The molecule has 1 aromatic heterocycles. The summed E-state index contributed by atoms with van der Waals surface area (Å²) >= 11 is 0. The van der Waals surface area contributed by atoms with Crippen LogP contribution < -0.4 is 10.1 Å². The summed E-state index contributed by atoms with van der Waals surface area (Å²) in [6.07, 6.45) is -4.30. The number of ether oxygens (including phenoxy) is 1. The fourth-order valence-corrected chi connectivity index (χ4v) is 2.48. The molecular formula is C15H13F3N2O3. The van der Waals surface area contributed by atoms with Crippen molar-refractivity contribution in [3.63, 3.8) is 0 Å². The van der Waals surface area contributed by atoms with E-state index in [9.17, 15) is 18.0 Å². The zero-order valence-corrected chi connectivity index (χ0v) is 12.1. The topological polar surface area (TPSA) is 64.4 Å². The van der Waals surface area contributed by atoms with Crippen molar-refractivity contribution in [2.75, 3.05) is 5.32 Å². The van der Waals surface area contributed by atoms with Crippen LogP contribution in [-0.2, 0) is 4.79 Å². The van der Waals surface area contributed by atoms with E-state index >= 15 is 0 Å². The van der Waals surface area contributed by atoms with Gasteiger partial charge in [-0.05, 0) is 30.9 Å². The van der Waals surface area contributed by atoms with Gasteiger partial charge < -0.3 is 14.6 Å². The third kappa shape index (κ3) is 3.64. The van der Waals surface area contributed by atoms with Gasteiger partial charge in [0.25, 0.3) is 0 Å². The van der Waals surface area contributed by atoms with Gasteiger partial charge in [0.05, 0.1) is 0 Å². The highest BCUT2D eigenvalue weighted by Crippen LogP contribution is 2.51. The van der Waals surface area contributed by atoms with Crippen molar-refractivity contribution < 1.29 is 27.2 Å². The maximum Gasteiger partial charge on any atom is 0.573 e. The molecule has 0 radical (unpaired) electrons. The summed E-state index contributed by atoms with van der Waals surface area (Å²) in [4.78, 5) is 12.1. The minimum atomic E-state index is -4.76. The van der Waals surface area contributed by atoms with Crippen LogP contribution in [0.4, 0.5) is 19.0 Å². The summed E-state index contributed by atoms with van der Waals surface area (Å²) < 4.78 is 46.2. The molecule has 1 N–H and O–H groups in total. The van der Waals surface area contributed by atoms with Gasteiger partial charge in [-0.15, -0.1) is 13.2 Å². The van der Waals surface area contributed by atoms with Crippen molar-refractivity contribution in [2.24, 2.45) is 5.92 Å². The number of hydrogen-bond acceptors (Lipinski definition) is 4. The Kier molecular flexibility index (Phi) is 3.75. The summed E-state index contributed by atoms with van der Waals surface area (Å²) in [5.41, 5.74) is 0.376. The Balaban J connectivity index is 1.69. The van der Waals surface area contributed by atoms with Gasteiger partial charge in [-0.1, -0.05) is 23.4 Å². The van der Waals surface area contributed by atoms with Crippen molar-refractivity contribution >= 4 is 11.7 Å². The van der Waals surface area contributed by atoms with E-state index in [2.05, 4.69) is 15.2 Å². The molecule has 23 heavy (non-hydrogen) atoms. The molecule has 0 spiro atoms. The molecule has 1 heterocycles. The monoisotopic (exact) mass is 326 g/mol. The first-order chi connectivity index (χ1) is 10.8. The molecule has 8 heteroatoms. The standard InChI is InChI=1S/C15H13F3N2O3/c1-8-6-13(20-23-8)19-14(21)11-7-10(11)9-4-2-3-5-12(9)22-15(16,17)18/h2-6,10-11H,7H2,1H3,(H,19,20,21)/t10-,11-/m1/s1. The number of halogens is 3. The molecule has 0 aliphatic heterocycles. The average Bonchev–Trinajstić information content (AvgIpc) is 3.15. The van der Waals surface area contributed by atoms with E-state index in [0.717, 1.165) is 0 Å². The zero-order chi connectivity index (χ0) is 16.6. The lowest BCUT2D eigenvalue weighted by Crippen LogP contribution is -2.18. The van der Waals surface area contributed by atoms with Crippen LogP contribution >= 0.6 is 0 Å². The van der Waals surface area contributed by atoms with Gasteiger partial charge in [0.15, 0.2) is 5.82 Å². The van der Waals surface area contributed by atoms with Crippen molar-refractivity contribution in [1.29, 1.82) is 0 Å². The fourth-order valence-electron chi connectivity index (χ4n) is 2.48. The van der Waals surface area contributed by atoms with Crippen LogP contribution in [0.2, 0.25) is 0 Å². The second kappa shape index (κ2) is 5.60. The summed E-state index contributed by atoms with van der Waals surface area (Å²) in [5, 5.41) is 6.23. The number of anilines is 1. The number of nitrogens with zero attached hydrogens (tertiary/aromatic N) is 1. The van der Waals surface area contributed by atoms with Gasteiger partial charge in [0.2, 0.25) is 5.91 Å². The van der Waals surface area contributed by atoms with Crippen molar-refractivity contribution in [2.45, 2.75) is 25.6 Å². The molecule has 1 fully saturated rings. The lowest BCUT2D eigenvalue weighted by molar-refractivity contribution is -0.274. The first-order valence-corrected chi connectivity index (χ1v) is 6.92. The molecule has 5 nitrogen and oxygen atoms in total. The van der Waals surface area contributed by atoms with Crippen molar-refractivity contribution in [3.8, 4) is 5.75 Å². The molecule has 1 aromatic carbocycles. The smallest absolute Gasteiger partial charge is 0.405 e. The van der Waals surface area contributed by atoms with Gasteiger partial charge in [-0.3, -0.25) is 4.79 Å². The molecule has 0 unspecified atom stereocenters. The highest BCUT2D eigenvalue weighted by atomic mass is 19.4. The summed E-state index contributed by atoms with van der Waals surface area (Å²) in [6.45, 7) is 1.69. The Hall–Kier alpha value is -2.51. The molecule has 1 saturated carbocycles. The molecule has 3 rings (SSSR count). The normalized spacial score (nSPS) is 20.2. The van der Waals surface area contributed by atoms with Gasteiger partial charge in [-0.2, -0.15) is 0 Å². The molecule has 122 valence electrons. The minimum absolute atomic E-state index is 0.266. The number of aromatic nitrogens is 1. The zero-order valence-electron chi connectivity index (χ0n) is 12.1. The molecule has 2 atom stereocenters. The quantitative estimate of drug-likeness (QED) is 0.932. The largest absolute Gasteiger partial charge is 0.573 e. The van der Waals surface area contributed by atoms with E-state index in [0.29, 0.717) is 17.7 Å². The van der Waals surface area contributed by atoms with Crippen LogP contribution in [0.1, 0.15) is 23.7 Å². The molecule has 1 aliphatic rings. The van der Waals surface area contributed by atoms with Gasteiger partial charge >= 0.3 is 6.36 Å².